The van der Waals surface area contributed by atoms with Crippen LogP contribution in [0.25, 0.3) is 0 Å². The number of hydrogen-bond donors (Lipinski definition) is 2. The number of aromatic nitrogens is 3. The predicted octanol–water partition coefficient (Wildman–Crippen LogP) is 1.95. The molecule has 0 aliphatic heterocycles. The van der Waals surface area contributed by atoms with Gasteiger partial charge in [-0.2, -0.15) is 5.10 Å². The van der Waals surface area contributed by atoms with Crippen molar-refractivity contribution in [2.45, 2.75) is 33.4 Å². The average Bonchev–Trinajstić information content (AvgIpc) is 3.08. The van der Waals surface area contributed by atoms with Gasteiger partial charge in [-0.15, -0.1) is 0 Å². The first-order chi connectivity index (χ1) is 12.7. The van der Waals surface area contributed by atoms with Gasteiger partial charge in [-0.1, -0.05) is 44.2 Å². The minimum absolute atomic E-state index is 0.296. The van der Waals surface area contributed by atoms with Crippen LogP contribution in [-0.4, -0.2) is 51.8 Å². The first-order valence-corrected chi connectivity index (χ1v) is 9.33. The number of aliphatic imine (C=N–C) groups is 1. The van der Waals surface area contributed by atoms with Gasteiger partial charge in [0.05, 0.1) is 6.04 Å². The molecule has 2 aromatic rings. The van der Waals surface area contributed by atoms with E-state index in [1.54, 1.807) is 11.0 Å². The molecule has 7 nitrogen and oxygen atoms in total. The molecule has 1 heterocycles. The smallest absolute Gasteiger partial charge is 0.191 e. The molecule has 0 radical (unpaired) electrons. The lowest BCUT2D eigenvalue weighted by Crippen LogP contribution is -2.43. The van der Waals surface area contributed by atoms with Crippen LogP contribution in [0.1, 0.15) is 38.2 Å². The maximum atomic E-state index is 4.65. The fourth-order valence-electron chi connectivity index (χ4n) is 2.95. The number of rotatable bonds is 9. The van der Waals surface area contributed by atoms with E-state index in [9.17, 15) is 0 Å². The van der Waals surface area contributed by atoms with Crippen LogP contribution in [0.2, 0.25) is 0 Å². The molecule has 2 rings (SSSR count). The van der Waals surface area contributed by atoms with Gasteiger partial charge in [0, 0.05) is 20.1 Å². The third kappa shape index (κ3) is 5.56. The van der Waals surface area contributed by atoms with Gasteiger partial charge in [0.15, 0.2) is 5.96 Å². The van der Waals surface area contributed by atoms with Crippen molar-refractivity contribution in [3.63, 3.8) is 0 Å². The molecule has 1 aromatic carbocycles. The third-order valence-electron chi connectivity index (χ3n) is 4.43. The quantitative estimate of drug-likeness (QED) is 0.530. The molecule has 0 fully saturated rings. The molecule has 2 N–H and O–H groups in total. The number of guanidine groups is 1. The van der Waals surface area contributed by atoms with Crippen molar-refractivity contribution in [3.05, 3.63) is 48.0 Å². The Morgan fingerprint density at radius 1 is 1.15 bits per heavy atom. The molecule has 26 heavy (non-hydrogen) atoms. The fourth-order valence-corrected chi connectivity index (χ4v) is 2.95. The van der Waals surface area contributed by atoms with Crippen molar-refractivity contribution < 1.29 is 0 Å². The maximum absolute atomic E-state index is 4.65. The second kappa shape index (κ2) is 10.6. The summed E-state index contributed by atoms with van der Waals surface area (Å²) in [6, 6.07) is 10.9. The van der Waals surface area contributed by atoms with Gasteiger partial charge in [0.25, 0.3) is 0 Å². The number of likely N-dealkylation sites (N-methyl/N-ethyl adjacent to an activating group) is 1. The summed E-state index contributed by atoms with van der Waals surface area (Å²) in [7, 11) is 1.88. The number of aryl methyl sites for hydroxylation is 1. The van der Waals surface area contributed by atoms with Gasteiger partial charge < -0.3 is 10.6 Å². The third-order valence-corrected chi connectivity index (χ3v) is 4.43. The van der Waals surface area contributed by atoms with E-state index in [2.05, 4.69) is 81.7 Å². The molecule has 7 heteroatoms. The van der Waals surface area contributed by atoms with Crippen molar-refractivity contribution >= 4 is 5.96 Å². The van der Waals surface area contributed by atoms with Crippen molar-refractivity contribution in [2.24, 2.45) is 12.0 Å². The van der Waals surface area contributed by atoms with Crippen LogP contribution in [0.15, 0.2) is 41.7 Å². The van der Waals surface area contributed by atoms with E-state index in [0.29, 0.717) is 12.6 Å². The highest BCUT2D eigenvalue weighted by molar-refractivity contribution is 5.79. The average molecular weight is 358 g/mol. The Hall–Kier alpha value is -2.41. The Bertz CT molecular complexity index is 662. The zero-order valence-electron chi connectivity index (χ0n) is 16.3. The van der Waals surface area contributed by atoms with Crippen molar-refractivity contribution in [1.29, 1.82) is 0 Å². The molecule has 0 aliphatic rings. The summed E-state index contributed by atoms with van der Waals surface area (Å²) in [5.41, 5.74) is 1.31. The van der Waals surface area contributed by atoms with Gasteiger partial charge in [-0.3, -0.25) is 9.58 Å². The van der Waals surface area contributed by atoms with Crippen LogP contribution in [0, 0.1) is 0 Å². The van der Waals surface area contributed by atoms with Crippen LogP contribution < -0.4 is 10.6 Å². The number of nitrogens with one attached hydrogen (secondary N) is 2. The Labute approximate surface area is 156 Å². The summed E-state index contributed by atoms with van der Waals surface area (Å²) in [4.78, 5) is 11.3. The summed E-state index contributed by atoms with van der Waals surface area (Å²) in [6.07, 6.45) is 1.55. The zero-order valence-corrected chi connectivity index (χ0v) is 16.3. The monoisotopic (exact) mass is 357 g/mol. The van der Waals surface area contributed by atoms with E-state index in [-0.39, 0.29) is 0 Å². The van der Waals surface area contributed by atoms with E-state index in [1.807, 2.05) is 7.05 Å². The lowest BCUT2D eigenvalue weighted by molar-refractivity contribution is 0.219. The predicted molar refractivity (Wildman–Crippen MR) is 106 cm³/mol. The molecule has 0 bridgehead atoms. The SMILES string of the molecule is CCNC(=NCc1ncnn1C)NCC(c1ccccc1)N(CC)CC. The summed E-state index contributed by atoms with van der Waals surface area (Å²) in [5.74, 6) is 1.63. The van der Waals surface area contributed by atoms with Crippen LogP contribution in [0.3, 0.4) is 0 Å². The van der Waals surface area contributed by atoms with Gasteiger partial charge in [0.2, 0.25) is 0 Å². The highest BCUT2D eigenvalue weighted by atomic mass is 15.3. The Morgan fingerprint density at radius 3 is 2.46 bits per heavy atom. The molecule has 0 saturated heterocycles. The van der Waals surface area contributed by atoms with Gasteiger partial charge in [-0.05, 0) is 25.6 Å². The second-order valence-corrected chi connectivity index (χ2v) is 6.02. The number of benzene rings is 1. The van der Waals surface area contributed by atoms with Gasteiger partial charge in [-0.25, -0.2) is 9.98 Å². The Balaban J connectivity index is 2.09. The molecule has 1 aromatic heterocycles. The molecule has 1 atom stereocenters. The van der Waals surface area contributed by atoms with E-state index in [4.69, 9.17) is 0 Å². The Morgan fingerprint density at radius 2 is 1.88 bits per heavy atom. The maximum Gasteiger partial charge on any atom is 0.191 e. The van der Waals surface area contributed by atoms with Gasteiger partial charge in [0.1, 0.15) is 18.7 Å². The van der Waals surface area contributed by atoms with Crippen molar-refractivity contribution in [3.8, 4) is 0 Å². The first-order valence-electron chi connectivity index (χ1n) is 9.33. The molecule has 142 valence electrons. The summed E-state index contributed by atoms with van der Waals surface area (Å²) in [5, 5.41) is 10.9. The molecule has 0 amide bonds. The number of nitrogens with zero attached hydrogens (tertiary/aromatic N) is 5. The minimum atomic E-state index is 0.296. The van der Waals surface area contributed by atoms with E-state index >= 15 is 0 Å². The first kappa shape index (κ1) is 19.9. The zero-order chi connectivity index (χ0) is 18.8. The van der Waals surface area contributed by atoms with Crippen LogP contribution in [-0.2, 0) is 13.6 Å². The molecule has 0 spiro atoms. The molecule has 1 unspecified atom stereocenters. The molecular weight excluding hydrogens is 326 g/mol. The molecular formula is C19H31N7. The Kier molecular flexibility index (Phi) is 8.08. The van der Waals surface area contributed by atoms with Crippen molar-refractivity contribution in [1.82, 2.24) is 30.3 Å². The standard InChI is InChI=1S/C19H31N7/c1-5-20-19(22-14-18-23-15-24-25(18)4)21-13-17(26(6-2)7-3)16-11-9-8-10-12-16/h8-12,15,17H,5-7,13-14H2,1-4H3,(H2,20,21,22). The minimum Gasteiger partial charge on any atom is -0.357 e. The van der Waals surface area contributed by atoms with Crippen molar-refractivity contribution in [2.75, 3.05) is 26.2 Å². The van der Waals surface area contributed by atoms with E-state index in [0.717, 1.165) is 38.0 Å². The topological polar surface area (TPSA) is 70.4 Å². The lowest BCUT2D eigenvalue weighted by atomic mass is 10.1. The van der Waals surface area contributed by atoms with E-state index in [1.165, 1.54) is 5.56 Å². The lowest BCUT2D eigenvalue weighted by Gasteiger charge is -2.30. The fraction of sp³-hybridized carbons (Fsp3) is 0.526. The van der Waals surface area contributed by atoms with Crippen LogP contribution in [0.5, 0.6) is 0 Å². The number of hydrogen-bond acceptors (Lipinski definition) is 4. The highest BCUT2D eigenvalue weighted by Gasteiger charge is 2.18. The highest BCUT2D eigenvalue weighted by Crippen LogP contribution is 2.19. The largest absolute Gasteiger partial charge is 0.357 e. The van der Waals surface area contributed by atoms with Gasteiger partial charge >= 0.3 is 0 Å². The second-order valence-electron chi connectivity index (χ2n) is 6.02. The van der Waals surface area contributed by atoms with Crippen LogP contribution in [0.4, 0.5) is 0 Å². The summed E-state index contributed by atoms with van der Waals surface area (Å²) < 4.78 is 1.75. The normalized spacial score (nSPS) is 13.0. The summed E-state index contributed by atoms with van der Waals surface area (Å²) in [6.45, 7) is 10.6. The van der Waals surface area contributed by atoms with Crippen LogP contribution >= 0.6 is 0 Å². The summed E-state index contributed by atoms with van der Waals surface area (Å²) >= 11 is 0. The molecule has 0 aliphatic carbocycles. The van der Waals surface area contributed by atoms with E-state index < -0.39 is 0 Å². The molecule has 0 saturated carbocycles.